The van der Waals surface area contributed by atoms with Crippen molar-refractivity contribution < 1.29 is 9.13 Å². The van der Waals surface area contributed by atoms with E-state index < -0.39 is 7.49 Å². The van der Waals surface area contributed by atoms with Gasteiger partial charge in [0.2, 0.25) is 0 Å². The van der Waals surface area contributed by atoms with Gasteiger partial charge in [0.05, 0.1) is 0 Å². The zero-order chi connectivity index (χ0) is 6.41. The highest BCUT2D eigenvalue weighted by molar-refractivity contribution is 8.11. The molecular weight excluding hydrogens is 142 g/mol. The normalized spacial score (nSPS) is 12.2. The maximum atomic E-state index is 10.3. The Hall–Kier alpha value is -0.320. The van der Waals surface area contributed by atoms with Crippen molar-refractivity contribution in [1.82, 2.24) is 0 Å². The van der Waals surface area contributed by atoms with Gasteiger partial charge in [-0.2, -0.15) is 0 Å². The van der Waals surface area contributed by atoms with E-state index in [9.17, 15) is 9.13 Å². The Balaban J connectivity index is 3.69. The van der Waals surface area contributed by atoms with Crippen molar-refractivity contribution in [2.24, 2.45) is 0 Å². The molecule has 0 aromatic rings. The summed E-state index contributed by atoms with van der Waals surface area (Å²) in [5, 5.41) is 0. The van der Waals surface area contributed by atoms with Gasteiger partial charge in [0.1, 0.15) is 0 Å². The highest BCUT2D eigenvalue weighted by Crippen LogP contribution is 2.36. The summed E-state index contributed by atoms with van der Waals surface area (Å²) in [6.07, 6.45) is 2.99. The maximum absolute atomic E-state index is 10.3. The minimum atomic E-state index is -1.67. The van der Waals surface area contributed by atoms with E-state index in [1.165, 1.54) is 18.0 Å². The lowest BCUT2D eigenvalue weighted by molar-refractivity contribution is 0.588. The van der Waals surface area contributed by atoms with Crippen LogP contribution in [-0.2, 0) is 9.13 Å². The van der Waals surface area contributed by atoms with Crippen molar-refractivity contribution in [2.75, 3.05) is 0 Å². The van der Waals surface area contributed by atoms with Gasteiger partial charge in [-0.25, -0.2) is 4.57 Å². The third-order valence-corrected chi connectivity index (χ3v) is 1.90. The molecule has 1 atom stereocenters. The van der Waals surface area contributed by atoms with Crippen LogP contribution in [0.3, 0.4) is 0 Å². The summed E-state index contributed by atoms with van der Waals surface area (Å²) in [6.45, 7) is 3.35. The molecule has 0 aliphatic heterocycles. The predicted octanol–water partition coefficient (Wildman–Crippen LogP) is 2.72. The van der Waals surface area contributed by atoms with E-state index in [1.807, 2.05) is 0 Å². The first kappa shape index (κ1) is 7.68. The van der Waals surface area contributed by atoms with Crippen molar-refractivity contribution in [3.8, 4) is 0 Å². The molecule has 0 aliphatic rings. The summed E-state index contributed by atoms with van der Waals surface area (Å²) in [4.78, 5) is 0. The van der Waals surface area contributed by atoms with E-state index >= 15 is 0 Å². The van der Waals surface area contributed by atoms with Crippen LogP contribution in [0.25, 0.3) is 0 Å². The first-order valence-electron chi connectivity index (χ1n) is 1.90. The summed E-state index contributed by atoms with van der Waals surface area (Å²) < 4.78 is 20.0. The van der Waals surface area contributed by atoms with E-state index in [2.05, 4.69) is 6.58 Å². The minimum absolute atomic E-state index is 0.322. The topological polar surface area (TPSA) is 34.1 Å². The second kappa shape index (κ2) is 4.83. The summed E-state index contributed by atoms with van der Waals surface area (Å²) in [5.41, 5.74) is 0. The molecule has 0 aromatic heterocycles. The second-order valence-corrected chi connectivity index (χ2v) is 3.70. The average Bonchev–Trinajstić information content (AvgIpc) is 1.83. The van der Waals surface area contributed by atoms with E-state index in [-0.39, 0.29) is 8.15 Å². The Morgan fingerprint density at radius 1 is 1.62 bits per heavy atom. The number of allylic oxidation sites excluding steroid dienone is 2. The summed E-state index contributed by atoms with van der Waals surface area (Å²) in [5.74, 6) is 1.34. The van der Waals surface area contributed by atoms with Crippen LogP contribution in [0.15, 0.2) is 24.5 Å². The highest BCUT2D eigenvalue weighted by atomic mass is 32.0. The van der Waals surface area contributed by atoms with Gasteiger partial charge in [-0.3, -0.25) is 0 Å². The second-order valence-electron chi connectivity index (χ2n) is 0.961. The van der Waals surface area contributed by atoms with Gasteiger partial charge >= 0.3 is 15.6 Å². The molecule has 0 saturated heterocycles. The van der Waals surface area contributed by atoms with Gasteiger partial charge < -0.3 is 0 Å². The zero-order valence-electron chi connectivity index (χ0n) is 4.15. The van der Waals surface area contributed by atoms with E-state index in [1.54, 1.807) is 0 Å². The fourth-order valence-corrected chi connectivity index (χ4v) is 0.879. The van der Waals surface area contributed by atoms with Gasteiger partial charge in [-0.05, 0) is 6.08 Å². The molecule has 0 aromatic carbocycles. The van der Waals surface area contributed by atoms with Gasteiger partial charge in [0.15, 0.2) is 5.82 Å². The molecule has 0 radical (unpaired) electrons. The minimum Gasteiger partial charge on any atom is -0.213 e. The highest BCUT2D eigenvalue weighted by Gasteiger charge is 2.07. The Morgan fingerprint density at radius 3 is 2.62 bits per heavy atom. The van der Waals surface area contributed by atoms with Gasteiger partial charge in [-0.1, -0.05) is 17.2 Å². The molecule has 8 heavy (non-hydrogen) atoms. The Bertz CT molecular complexity index is 139. The van der Waals surface area contributed by atoms with Gasteiger partial charge in [0, 0.05) is 0 Å². The fraction of sp³-hybridized carbons (Fsp3) is 0. The van der Waals surface area contributed by atoms with Crippen LogP contribution in [0.4, 0.5) is 0 Å². The zero-order valence-corrected chi connectivity index (χ0v) is 5.94. The molecule has 0 aliphatic carbocycles. The Kier molecular flexibility index (Phi) is 4.64. The molecule has 0 fully saturated rings. The largest absolute Gasteiger partial charge is 0.467 e. The number of hydrogen-bond donors (Lipinski definition) is 0. The first-order valence-corrected chi connectivity index (χ1v) is 4.74. The van der Waals surface area contributed by atoms with Crippen molar-refractivity contribution >= 4 is 15.6 Å². The van der Waals surface area contributed by atoms with Crippen LogP contribution < -0.4 is 0 Å². The smallest absolute Gasteiger partial charge is 0.213 e. The third kappa shape index (κ3) is 3.86. The van der Waals surface area contributed by atoms with Crippen LogP contribution in [0.5, 0.6) is 0 Å². The Labute approximate surface area is 50.2 Å². The summed E-state index contributed by atoms with van der Waals surface area (Å²) >= 11 is 0. The standard InChI is InChI=1S/C4H5O2P2/c1-2-3-4-8(6)7-5/h2-4H,1H2/q+1. The first-order chi connectivity index (χ1) is 3.81. The molecule has 0 amide bonds. The molecular formula is C4H5O2P2+. The van der Waals surface area contributed by atoms with Gasteiger partial charge in [-0.15, -0.1) is 0 Å². The van der Waals surface area contributed by atoms with E-state index in [4.69, 9.17) is 0 Å². The van der Waals surface area contributed by atoms with Crippen LogP contribution in [0, 0.1) is 0 Å². The van der Waals surface area contributed by atoms with Crippen molar-refractivity contribution in [3.63, 3.8) is 0 Å². The molecule has 42 valence electrons. The molecule has 4 heteroatoms. The van der Waals surface area contributed by atoms with E-state index in [0.717, 1.165) is 0 Å². The lowest BCUT2D eigenvalue weighted by Gasteiger charge is -1.54. The van der Waals surface area contributed by atoms with Crippen molar-refractivity contribution in [2.45, 2.75) is 0 Å². The summed E-state index contributed by atoms with van der Waals surface area (Å²) in [6, 6.07) is 0. The van der Waals surface area contributed by atoms with Crippen LogP contribution in [-0.4, -0.2) is 0 Å². The fourth-order valence-electron chi connectivity index (χ4n) is 0.162. The number of rotatable bonds is 3. The van der Waals surface area contributed by atoms with Crippen molar-refractivity contribution in [1.29, 1.82) is 0 Å². The predicted molar refractivity (Wildman–Crippen MR) is 34.5 cm³/mol. The summed E-state index contributed by atoms with van der Waals surface area (Å²) in [7, 11) is -1.99. The lowest BCUT2D eigenvalue weighted by Crippen LogP contribution is -1.36. The van der Waals surface area contributed by atoms with Gasteiger partial charge in [0.25, 0.3) is 0 Å². The number of hydrogen-bond acceptors (Lipinski definition) is 2. The molecule has 2 nitrogen and oxygen atoms in total. The quantitative estimate of drug-likeness (QED) is 0.454. The monoisotopic (exact) mass is 147 g/mol. The van der Waals surface area contributed by atoms with E-state index in [0.29, 0.717) is 0 Å². The molecule has 0 rings (SSSR count). The third-order valence-electron chi connectivity index (χ3n) is 0.430. The molecule has 0 spiro atoms. The molecule has 0 heterocycles. The molecule has 0 saturated carbocycles. The van der Waals surface area contributed by atoms with Crippen LogP contribution in [0.2, 0.25) is 0 Å². The molecule has 0 bridgehead atoms. The lowest BCUT2D eigenvalue weighted by atomic mass is 10.6. The SMILES string of the molecule is C=CC=C[P+](=O)P=O. The van der Waals surface area contributed by atoms with Crippen LogP contribution in [0.1, 0.15) is 0 Å². The Morgan fingerprint density at radius 2 is 2.25 bits per heavy atom. The maximum Gasteiger partial charge on any atom is 0.467 e. The molecule has 1 unspecified atom stereocenters. The average molecular weight is 147 g/mol. The molecule has 0 N–H and O–H groups in total. The van der Waals surface area contributed by atoms with Crippen molar-refractivity contribution in [3.05, 3.63) is 24.5 Å². The van der Waals surface area contributed by atoms with Crippen LogP contribution >= 0.6 is 15.6 Å².